The van der Waals surface area contributed by atoms with Crippen molar-refractivity contribution in [3.8, 4) is 0 Å². The molecule has 3 rings (SSSR count). The number of benzene rings is 1. The summed E-state index contributed by atoms with van der Waals surface area (Å²) in [5.74, 6) is -0.0217. The Balaban J connectivity index is 1.72. The van der Waals surface area contributed by atoms with Crippen molar-refractivity contribution >= 4 is 17.2 Å². The molecule has 0 fully saturated rings. The molecule has 8 heteroatoms. The summed E-state index contributed by atoms with van der Waals surface area (Å²) in [7, 11) is 1.82. The smallest absolute Gasteiger partial charge is 0.254 e. The fraction of sp³-hybridized carbons (Fsp3) is 0.353. The molecule has 2 heterocycles. The van der Waals surface area contributed by atoms with Gasteiger partial charge in [-0.25, -0.2) is 9.67 Å². The molecular weight excluding hydrogens is 336 g/mol. The number of nitrogens with zero attached hydrogens (tertiary/aromatic N) is 6. The van der Waals surface area contributed by atoms with Crippen molar-refractivity contribution < 1.29 is 4.79 Å². The molecular formula is C17H20N6OS. The lowest BCUT2D eigenvalue weighted by molar-refractivity contribution is 0.0740. The first-order chi connectivity index (χ1) is 12.0. The monoisotopic (exact) mass is 356 g/mol. The molecule has 1 unspecified atom stereocenters. The van der Waals surface area contributed by atoms with E-state index < -0.39 is 0 Å². The van der Waals surface area contributed by atoms with Gasteiger partial charge in [-0.3, -0.25) is 4.79 Å². The molecule has 0 radical (unpaired) electrons. The van der Waals surface area contributed by atoms with Gasteiger partial charge in [0, 0.05) is 17.5 Å². The van der Waals surface area contributed by atoms with Crippen molar-refractivity contribution in [1.29, 1.82) is 0 Å². The molecule has 7 nitrogen and oxygen atoms in total. The van der Waals surface area contributed by atoms with Crippen LogP contribution in [0.5, 0.6) is 0 Å². The van der Waals surface area contributed by atoms with Crippen LogP contribution in [0.4, 0.5) is 0 Å². The number of carbonyl (C=O) groups is 1. The van der Waals surface area contributed by atoms with E-state index in [4.69, 9.17) is 0 Å². The van der Waals surface area contributed by atoms with Crippen LogP contribution < -0.4 is 0 Å². The Bertz CT molecular complexity index is 856. The number of carbonyl (C=O) groups excluding carboxylic acids is 1. The highest BCUT2D eigenvalue weighted by atomic mass is 32.1. The van der Waals surface area contributed by atoms with Crippen molar-refractivity contribution in [1.82, 2.24) is 30.1 Å². The Morgan fingerprint density at radius 1 is 1.28 bits per heavy atom. The molecule has 0 bridgehead atoms. The lowest BCUT2D eigenvalue weighted by Crippen LogP contribution is -2.30. The highest BCUT2D eigenvalue weighted by Crippen LogP contribution is 2.27. The summed E-state index contributed by atoms with van der Waals surface area (Å²) in [5.41, 5.74) is 2.65. The van der Waals surface area contributed by atoms with Gasteiger partial charge in [0.1, 0.15) is 6.33 Å². The fourth-order valence-electron chi connectivity index (χ4n) is 2.69. The van der Waals surface area contributed by atoms with E-state index in [1.807, 2.05) is 52.1 Å². The van der Waals surface area contributed by atoms with Crippen molar-refractivity contribution in [2.24, 2.45) is 0 Å². The summed E-state index contributed by atoms with van der Waals surface area (Å²) in [6.07, 6.45) is 1.56. The standard InChI is InChI=1S/C17H20N6OS/c1-11(16-12(2)25-13(3)19-16)22(4)17(24)15-7-5-14(6-8-15)9-23-10-18-20-21-23/h5-8,10-11H,9H2,1-4H3. The SMILES string of the molecule is Cc1nc(C(C)N(C)C(=O)c2ccc(Cn3cnnn3)cc2)c(C)s1. The minimum Gasteiger partial charge on any atom is -0.333 e. The van der Waals surface area contributed by atoms with Crippen LogP contribution in [0.2, 0.25) is 0 Å². The second-order valence-corrected chi connectivity index (χ2v) is 7.38. The Hall–Kier alpha value is -2.61. The summed E-state index contributed by atoms with van der Waals surface area (Å²) in [5, 5.41) is 12.1. The molecule has 1 amide bonds. The molecule has 2 aromatic heterocycles. The molecule has 0 aliphatic carbocycles. The van der Waals surface area contributed by atoms with Crippen molar-refractivity contribution in [2.45, 2.75) is 33.4 Å². The minimum atomic E-state index is -0.0710. The van der Waals surface area contributed by atoms with E-state index in [1.54, 1.807) is 27.2 Å². The summed E-state index contributed by atoms with van der Waals surface area (Å²) >= 11 is 1.66. The van der Waals surface area contributed by atoms with Gasteiger partial charge in [0.25, 0.3) is 5.91 Å². The number of tetrazole rings is 1. The number of amides is 1. The molecule has 0 saturated carbocycles. The highest BCUT2D eigenvalue weighted by molar-refractivity contribution is 7.11. The van der Waals surface area contributed by atoms with Crippen LogP contribution in [0, 0.1) is 13.8 Å². The Morgan fingerprint density at radius 3 is 2.56 bits per heavy atom. The largest absolute Gasteiger partial charge is 0.333 e. The molecule has 1 atom stereocenters. The zero-order chi connectivity index (χ0) is 18.0. The number of thiazole rings is 1. The van der Waals surface area contributed by atoms with Crippen LogP contribution >= 0.6 is 11.3 Å². The van der Waals surface area contributed by atoms with Gasteiger partial charge in [-0.05, 0) is 48.9 Å². The first-order valence-corrected chi connectivity index (χ1v) is 8.78. The Morgan fingerprint density at radius 2 is 2.00 bits per heavy atom. The second-order valence-electron chi connectivity index (χ2n) is 5.97. The van der Waals surface area contributed by atoms with E-state index in [-0.39, 0.29) is 11.9 Å². The molecule has 0 spiro atoms. The van der Waals surface area contributed by atoms with Gasteiger partial charge in [-0.1, -0.05) is 12.1 Å². The normalized spacial score (nSPS) is 12.2. The zero-order valence-electron chi connectivity index (χ0n) is 14.7. The fourth-order valence-corrected chi connectivity index (χ4v) is 3.60. The van der Waals surface area contributed by atoms with E-state index in [2.05, 4.69) is 20.5 Å². The maximum atomic E-state index is 12.8. The lowest BCUT2D eigenvalue weighted by Gasteiger charge is -2.24. The number of aryl methyl sites for hydroxylation is 2. The maximum Gasteiger partial charge on any atom is 0.254 e. The third kappa shape index (κ3) is 3.74. The van der Waals surface area contributed by atoms with E-state index in [9.17, 15) is 4.79 Å². The lowest BCUT2D eigenvalue weighted by atomic mass is 10.1. The van der Waals surface area contributed by atoms with Crippen molar-refractivity contribution in [3.05, 3.63) is 57.3 Å². The van der Waals surface area contributed by atoms with Crippen LogP contribution in [-0.2, 0) is 6.54 Å². The van der Waals surface area contributed by atoms with E-state index in [1.165, 1.54) is 0 Å². The molecule has 0 N–H and O–H groups in total. The topological polar surface area (TPSA) is 76.8 Å². The maximum absolute atomic E-state index is 12.8. The molecule has 130 valence electrons. The molecule has 0 saturated heterocycles. The molecule has 3 aromatic rings. The number of hydrogen-bond acceptors (Lipinski definition) is 6. The predicted octanol–water partition coefficient (Wildman–Crippen LogP) is 2.63. The quantitative estimate of drug-likeness (QED) is 0.702. The second kappa shape index (κ2) is 7.10. The summed E-state index contributed by atoms with van der Waals surface area (Å²) in [4.78, 5) is 20.2. The van der Waals surface area contributed by atoms with Gasteiger partial charge in [0.2, 0.25) is 0 Å². The van der Waals surface area contributed by atoms with Crippen LogP contribution in [-0.4, -0.2) is 43.0 Å². The number of hydrogen-bond donors (Lipinski definition) is 0. The van der Waals surface area contributed by atoms with Gasteiger partial charge in [-0.2, -0.15) is 0 Å². The van der Waals surface area contributed by atoms with Crippen LogP contribution in [0.25, 0.3) is 0 Å². The van der Waals surface area contributed by atoms with Crippen LogP contribution in [0.3, 0.4) is 0 Å². The first kappa shape index (κ1) is 17.2. The Labute approximate surface area is 150 Å². The summed E-state index contributed by atoms with van der Waals surface area (Å²) in [6, 6.07) is 7.45. The van der Waals surface area contributed by atoms with E-state index >= 15 is 0 Å². The molecule has 25 heavy (non-hydrogen) atoms. The molecule has 0 aliphatic heterocycles. The van der Waals surface area contributed by atoms with E-state index in [0.717, 1.165) is 21.1 Å². The van der Waals surface area contributed by atoms with E-state index in [0.29, 0.717) is 12.1 Å². The molecule has 1 aromatic carbocycles. The van der Waals surface area contributed by atoms with Gasteiger partial charge < -0.3 is 4.90 Å². The zero-order valence-corrected chi connectivity index (χ0v) is 15.5. The average molecular weight is 356 g/mol. The minimum absolute atomic E-state index is 0.0217. The average Bonchev–Trinajstić information content (AvgIpc) is 3.22. The third-order valence-corrected chi connectivity index (χ3v) is 5.08. The Kier molecular flexibility index (Phi) is 4.89. The number of rotatable bonds is 5. The van der Waals surface area contributed by atoms with Crippen LogP contribution in [0.15, 0.2) is 30.6 Å². The molecule has 0 aliphatic rings. The van der Waals surface area contributed by atoms with Crippen LogP contribution in [0.1, 0.15) is 44.5 Å². The first-order valence-electron chi connectivity index (χ1n) is 7.96. The highest BCUT2D eigenvalue weighted by Gasteiger charge is 2.22. The van der Waals surface area contributed by atoms with Gasteiger partial charge in [0.05, 0.1) is 23.3 Å². The number of aromatic nitrogens is 5. The van der Waals surface area contributed by atoms with Gasteiger partial charge in [0.15, 0.2) is 0 Å². The third-order valence-electron chi connectivity index (χ3n) is 4.17. The summed E-state index contributed by atoms with van der Waals surface area (Å²) in [6.45, 7) is 6.61. The van der Waals surface area contributed by atoms with Crippen molar-refractivity contribution in [3.63, 3.8) is 0 Å². The van der Waals surface area contributed by atoms with Gasteiger partial charge in [-0.15, -0.1) is 16.4 Å². The van der Waals surface area contributed by atoms with Gasteiger partial charge >= 0.3 is 0 Å². The van der Waals surface area contributed by atoms with Crippen molar-refractivity contribution in [2.75, 3.05) is 7.05 Å². The summed E-state index contributed by atoms with van der Waals surface area (Å²) < 4.78 is 1.64. The predicted molar refractivity (Wildman–Crippen MR) is 95.5 cm³/mol.